The zero-order valence-electron chi connectivity index (χ0n) is 11.5. The van der Waals surface area contributed by atoms with Crippen LogP contribution in [0.15, 0.2) is 34.3 Å². The number of rotatable bonds is 5. The molecule has 0 aliphatic heterocycles. The van der Waals surface area contributed by atoms with Gasteiger partial charge in [-0.2, -0.15) is 0 Å². The molecule has 0 saturated carbocycles. The molecule has 3 N–H and O–H groups in total. The molecule has 108 valence electrons. The van der Waals surface area contributed by atoms with Crippen molar-refractivity contribution in [1.82, 2.24) is 10.6 Å². The first kappa shape index (κ1) is 14.6. The molecule has 6 heteroatoms. The monoisotopic (exact) mass is 294 g/mol. The van der Waals surface area contributed by atoms with Gasteiger partial charge in [0, 0.05) is 4.88 Å². The Kier molecular flexibility index (Phi) is 4.46. The lowest BCUT2D eigenvalue weighted by molar-refractivity contribution is 0.0367. The molecule has 0 aliphatic rings. The maximum Gasteiger partial charge on any atom is 0.315 e. The SMILES string of the molecule is Cc1ccsc1CNC(=O)NC[C@@](C)(O)c1ccco1. The van der Waals surface area contributed by atoms with Gasteiger partial charge in [0.15, 0.2) is 0 Å². The molecule has 0 aromatic carbocycles. The first-order valence-corrected chi connectivity index (χ1v) is 7.18. The van der Waals surface area contributed by atoms with Crippen molar-refractivity contribution in [2.24, 2.45) is 0 Å². The minimum atomic E-state index is -1.22. The van der Waals surface area contributed by atoms with Gasteiger partial charge in [-0.05, 0) is 43.0 Å². The van der Waals surface area contributed by atoms with Crippen LogP contribution in [0.4, 0.5) is 4.79 Å². The lowest BCUT2D eigenvalue weighted by Gasteiger charge is -2.21. The van der Waals surface area contributed by atoms with Crippen LogP contribution in [0, 0.1) is 6.92 Å². The minimum Gasteiger partial charge on any atom is -0.466 e. The molecule has 0 fully saturated rings. The fraction of sp³-hybridized carbons (Fsp3) is 0.357. The number of aliphatic hydroxyl groups is 1. The molecule has 0 bridgehead atoms. The van der Waals surface area contributed by atoms with Gasteiger partial charge >= 0.3 is 6.03 Å². The predicted octanol–water partition coefficient (Wildman–Crippen LogP) is 2.36. The first-order valence-electron chi connectivity index (χ1n) is 6.30. The van der Waals surface area contributed by atoms with Crippen LogP contribution in [0.2, 0.25) is 0 Å². The topological polar surface area (TPSA) is 74.5 Å². The zero-order valence-corrected chi connectivity index (χ0v) is 12.3. The number of hydrogen-bond acceptors (Lipinski definition) is 4. The molecule has 0 saturated heterocycles. The van der Waals surface area contributed by atoms with Gasteiger partial charge in [-0.15, -0.1) is 11.3 Å². The fourth-order valence-corrected chi connectivity index (χ4v) is 2.58. The number of hydrogen-bond donors (Lipinski definition) is 3. The molecule has 5 nitrogen and oxygen atoms in total. The zero-order chi connectivity index (χ0) is 14.6. The van der Waals surface area contributed by atoms with E-state index in [4.69, 9.17) is 4.42 Å². The van der Waals surface area contributed by atoms with E-state index in [-0.39, 0.29) is 12.6 Å². The number of nitrogens with one attached hydrogen (secondary N) is 2. The first-order chi connectivity index (χ1) is 9.49. The molecule has 2 aromatic rings. The Hall–Kier alpha value is -1.79. The summed E-state index contributed by atoms with van der Waals surface area (Å²) in [5, 5.41) is 17.6. The van der Waals surface area contributed by atoms with Gasteiger partial charge in [0.05, 0.1) is 19.4 Å². The molecule has 0 unspecified atom stereocenters. The normalized spacial score (nSPS) is 13.8. The molecule has 2 aromatic heterocycles. The number of amides is 2. The second-order valence-corrected chi connectivity index (χ2v) is 5.81. The number of aryl methyl sites for hydroxylation is 1. The van der Waals surface area contributed by atoms with E-state index >= 15 is 0 Å². The van der Waals surface area contributed by atoms with Crippen LogP contribution in [0.5, 0.6) is 0 Å². The Morgan fingerprint density at radius 1 is 1.45 bits per heavy atom. The molecule has 1 atom stereocenters. The van der Waals surface area contributed by atoms with Crippen LogP contribution < -0.4 is 10.6 Å². The summed E-state index contributed by atoms with van der Waals surface area (Å²) in [4.78, 5) is 12.8. The van der Waals surface area contributed by atoms with Crippen LogP contribution in [-0.2, 0) is 12.1 Å². The Morgan fingerprint density at radius 3 is 2.85 bits per heavy atom. The minimum absolute atomic E-state index is 0.0791. The second-order valence-electron chi connectivity index (χ2n) is 4.81. The van der Waals surface area contributed by atoms with Crippen molar-refractivity contribution in [2.75, 3.05) is 6.54 Å². The van der Waals surface area contributed by atoms with E-state index in [9.17, 15) is 9.90 Å². The predicted molar refractivity (Wildman–Crippen MR) is 77.6 cm³/mol. The van der Waals surface area contributed by atoms with Gasteiger partial charge in [-0.25, -0.2) is 4.79 Å². The third-order valence-corrected chi connectivity index (χ3v) is 4.05. The van der Waals surface area contributed by atoms with E-state index in [2.05, 4.69) is 10.6 Å². The molecule has 0 aliphatic carbocycles. The summed E-state index contributed by atoms with van der Waals surface area (Å²) < 4.78 is 5.15. The molecule has 20 heavy (non-hydrogen) atoms. The van der Waals surface area contributed by atoms with Gasteiger partial charge in [-0.3, -0.25) is 0 Å². The highest BCUT2D eigenvalue weighted by Crippen LogP contribution is 2.19. The molecule has 0 spiro atoms. The Morgan fingerprint density at radius 2 is 2.25 bits per heavy atom. The molecule has 2 amide bonds. The van der Waals surface area contributed by atoms with Gasteiger partial charge in [0.25, 0.3) is 0 Å². The van der Waals surface area contributed by atoms with Crippen molar-refractivity contribution in [3.63, 3.8) is 0 Å². The Labute approximate surface area is 121 Å². The summed E-state index contributed by atoms with van der Waals surface area (Å²) in [7, 11) is 0. The molecular formula is C14H18N2O3S. The third kappa shape index (κ3) is 3.61. The number of thiophene rings is 1. The lowest BCUT2D eigenvalue weighted by Crippen LogP contribution is -2.43. The van der Waals surface area contributed by atoms with E-state index in [1.807, 2.05) is 18.4 Å². The van der Waals surface area contributed by atoms with Gasteiger partial charge in [-0.1, -0.05) is 0 Å². The van der Waals surface area contributed by atoms with Crippen LogP contribution in [0.1, 0.15) is 23.1 Å². The summed E-state index contributed by atoms with van der Waals surface area (Å²) >= 11 is 1.61. The number of carbonyl (C=O) groups is 1. The summed E-state index contributed by atoms with van der Waals surface area (Å²) in [5.41, 5.74) is -0.0578. The number of urea groups is 1. The quantitative estimate of drug-likeness (QED) is 0.792. The Balaban J connectivity index is 1.79. The highest BCUT2D eigenvalue weighted by atomic mass is 32.1. The smallest absolute Gasteiger partial charge is 0.315 e. The van der Waals surface area contributed by atoms with Gasteiger partial charge < -0.3 is 20.2 Å². The maximum atomic E-state index is 11.7. The van der Waals surface area contributed by atoms with E-state index < -0.39 is 5.60 Å². The summed E-state index contributed by atoms with van der Waals surface area (Å²) in [6, 6.07) is 5.07. The molecular weight excluding hydrogens is 276 g/mol. The van der Waals surface area contributed by atoms with Crippen molar-refractivity contribution >= 4 is 17.4 Å². The fourth-order valence-electron chi connectivity index (χ4n) is 1.73. The summed E-state index contributed by atoms with van der Waals surface area (Å²) in [5.74, 6) is 0.423. The largest absolute Gasteiger partial charge is 0.466 e. The summed E-state index contributed by atoms with van der Waals surface area (Å²) in [6.07, 6.45) is 1.49. The average molecular weight is 294 g/mol. The number of furan rings is 1. The van der Waals surface area contributed by atoms with E-state index in [1.54, 1.807) is 30.4 Å². The highest BCUT2D eigenvalue weighted by molar-refractivity contribution is 7.10. The lowest BCUT2D eigenvalue weighted by atomic mass is 10.0. The van der Waals surface area contributed by atoms with Crippen LogP contribution >= 0.6 is 11.3 Å². The van der Waals surface area contributed by atoms with E-state index in [1.165, 1.54) is 6.26 Å². The highest BCUT2D eigenvalue weighted by Gasteiger charge is 2.26. The summed E-state index contributed by atoms with van der Waals surface area (Å²) in [6.45, 7) is 4.16. The van der Waals surface area contributed by atoms with Gasteiger partial charge in [0.1, 0.15) is 11.4 Å². The van der Waals surface area contributed by atoms with Crippen molar-refractivity contribution in [3.8, 4) is 0 Å². The molecule has 2 rings (SSSR count). The second kappa shape index (κ2) is 6.11. The van der Waals surface area contributed by atoms with Crippen molar-refractivity contribution in [2.45, 2.75) is 26.0 Å². The van der Waals surface area contributed by atoms with Crippen molar-refractivity contribution in [3.05, 3.63) is 46.0 Å². The third-order valence-electron chi connectivity index (χ3n) is 3.02. The van der Waals surface area contributed by atoms with Crippen LogP contribution in [-0.4, -0.2) is 17.7 Å². The Bertz CT molecular complexity index is 561. The molecule has 0 radical (unpaired) electrons. The van der Waals surface area contributed by atoms with Crippen LogP contribution in [0.3, 0.4) is 0 Å². The average Bonchev–Trinajstić information content (AvgIpc) is 3.05. The van der Waals surface area contributed by atoms with Crippen molar-refractivity contribution in [1.29, 1.82) is 0 Å². The van der Waals surface area contributed by atoms with Crippen LogP contribution in [0.25, 0.3) is 0 Å². The maximum absolute atomic E-state index is 11.7. The van der Waals surface area contributed by atoms with E-state index in [0.29, 0.717) is 12.3 Å². The van der Waals surface area contributed by atoms with Crippen molar-refractivity contribution < 1.29 is 14.3 Å². The standard InChI is InChI=1S/C14H18N2O3S/c1-10-5-7-20-11(10)8-15-13(17)16-9-14(2,18)12-4-3-6-19-12/h3-7,18H,8-9H2,1-2H3,(H2,15,16,17)/t14-/m1/s1. The molecule has 2 heterocycles. The number of carbonyl (C=O) groups excluding carboxylic acids is 1. The van der Waals surface area contributed by atoms with E-state index in [0.717, 1.165) is 10.4 Å². The van der Waals surface area contributed by atoms with Gasteiger partial charge in [0.2, 0.25) is 0 Å².